The number of ether oxygens (including phenoxy) is 1. The lowest BCUT2D eigenvalue weighted by Crippen LogP contribution is -2.09. The van der Waals surface area contributed by atoms with Gasteiger partial charge >= 0.3 is 0 Å². The summed E-state index contributed by atoms with van der Waals surface area (Å²) in [6.07, 6.45) is 2.13. The topological polar surface area (TPSA) is 26.3 Å². The molecule has 0 radical (unpaired) electrons. The van der Waals surface area contributed by atoms with Crippen LogP contribution in [0.4, 0.5) is 0 Å². The number of carbonyl (C=O) groups excluding carboxylic acids is 1. The van der Waals surface area contributed by atoms with Gasteiger partial charge in [-0.2, -0.15) is 0 Å². The van der Waals surface area contributed by atoms with Crippen molar-refractivity contribution in [2.45, 2.75) is 32.8 Å². The Morgan fingerprint density at radius 1 is 1.35 bits per heavy atom. The molecule has 0 heterocycles. The summed E-state index contributed by atoms with van der Waals surface area (Å²) in [5.41, 5.74) is 2.30. The third-order valence-corrected chi connectivity index (χ3v) is 3.21. The Labute approximate surface area is 106 Å². The highest BCUT2D eigenvalue weighted by Crippen LogP contribution is 2.26. The molecule has 2 rings (SSSR count). The molecule has 0 aromatic heterocycles. The Balaban J connectivity index is 2.03. The van der Waals surface area contributed by atoms with Crippen molar-refractivity contribution in [3.8, 4) is 0 Å². The Kier molecular flexibility index (Phi) is 3.85. The van der Waals surface area contributed by atoms with E-state index in [4.69, 9.17) is 16.3 Å². The fourth-order valence-corrected chi connectivity index (χ4v) is 2.14. The maximum Gasteiger partial charge on any atom is 0.177 e. The highest BCUT2D eigenvalue weighted by atomic mass is 35.5. The van der Waals surface area contributed by atoms with E-state index in [1.807, 2.05) is 25.1 Å². The van der Waals surface area contributed by atoms with Gasteiger partial charge in [-0.05, 0) is 18.9 Å². The number of carbonyl (C=O) groups is 1. The Hall–Kier alpha value is -1.28. The standard InChI is InChI=1S/C14H15ClO2/c1-10-4-2-5-11(8-10)9-17-13-7-3-6-12(16)14(13)15/h2,4-5,8H,3,6-7,9H2,1H3. The summed E-state index contributed by atoms with van der Waals surface area (Å²) >= 11 is 5.94. The van der Waals surface area contributed by atoms with Crippen LogP contribution >= 0.6 is 11.6 Å². The quantitative estimate of drug-likeness (QED) is 0.817. The van der Waals surface area contributed by atoms with E-state index < -0.39 is 0 Å². The monoisotopic (exact) mass is 250 g/mol. The van der Waals surface area contributed by atoms with E-state index >= 15 is 0 Å². The third kappa shape index (κ3) is 3.10. The van der Waals surface area contributed by atoms with Crippen molar-refractivity contribution in [2.24, 2.45) is 0 Å². The molecular formula is C14H15ClO2. The average Bonchev–Trinajstić information content (AvgIpc) is 2.31. The number of ketones is 1. The van der Waals surface area contributed by atoms with Crippen molar-refractivity contribution in [1.82, 2.24) is 0 Å². The molecular weight excluding hydrogens is 236 g/mol. The molecule has 90 valence electrons. The second-order valence-electron chi connectivity index (χ2n) is 4.29. The molecule has 0 amide bonds. The summed E-state index contributed by atoms with van der Waals surface area (Å²) in [5.74, 6) is 0.640. The zero-order valence-corrected chi connectivity index (χ0v) is 10.6. The van der Waals surface area contributed by atoms with E-state index in [1.165, 1.54) is 5.56 Å². The van der Waals surface area contributed by atoms with Crippen LogP contribution in [0, 0.1) is 6.92 Å². The fraction of sp³-hybridized carbons (Fsp3) is 0.357. The molecule has 1 aromatic rings. The highest BCUT2D eigenvalue weighted by molar-refractivity contribution is 6.42. The van der Waals surface area contributed by atoms with Gasteiger partial charge in [-0.1, -0.05) is 41.4 Å². The van der Waals surface area contributed by atoms with E-state index in [-0.39, 0.29) is 10.8 Å². The highest BCUT2D eigenvalue weighted by Gasteiger charge is 2.19. The lowest BCUT2D eigenvalue weighted by atomic mass is 10.0. The maximum absolute atomic E-state index is 11.4. The lowest BCUT2D eigenvalue weighted by Gasteiger charge is -2.16. The summed E-state index contributed by atoms with van der Waals surface area (Å²) in [6, 6.07) is 8.11. The number of Topliss-reactive ketones (excluding diaryl/α,β-unsaturated/α-hetero) is 1. The lowest BCUT2D eigenvalue weighted by molar-refractivity contribution is -0.115. The van der Waals surface area contributed by atoms with E-state index in [0.717, 1.165) is 18.4 Å². The molecule has 1 aromatic carbocycles. The Morgan fingerprint density at radius 3 is 2.94 bits per heavy atom. The molecule has 17 heavy (non-hydrogen) atoms. The van der Waals surface area contributed by atoms with Crippen LogP contribution < -0.4 is 0 Å². The van der Waals surface area contributed by atoms with Crippen molar-refractivity contribution in [1.29, 1.82) is 0 Å². The molecule has 0 saturated carbocycles. The maximum atomic E-state index is 11.4. The van der Waals surface area contributed by atoms with Crippen molar-refractivity contribution < 1.29 is 9.53 Å². The van der Waals surface area contributed by atoms with Gasteiger partial charge in [-0.25, -0.2) is 0 Å². The van der Waals surface area contributed by atoms with E-state index in [1.54, 1.807) is 0 Å². The van der Waals surface area contributed by atoms with Crippen LogP contribution in [-0.4, -0.2) is 5.78 Å². The number of hydrogen-bond acceptors (Lipinski definition) is 2. The van der Waals surface area contributed by atoms with Crippen LogP contribution in [-0.2, 0) is 16.1 Å². The second-order valence-corrected chi connectivity index (χ2v) is 4.67. The smallest absolute Gasteiger partial charge is 0.177 e. The van der Waals surface area contributed by atoms with E-state index in [0.29, 0.717) is 18.8 Å². The second kappa shape index (κ2) is 5.37. The van der Waals surface area contributed by atoms with Crippen LogP contribution in [0.2, 0.25) is 0 Å². The number of benzene rings is 1. The zero-order valence-electron chi connectivity index (χ0n) is 9.83. The molecule has 0 saturated heterocycles. The van der Waals surface area contributed by atoms with Crippen molar-refractivity contribution >= 4 is 17.4 Å². The molecule has 1 aliphatic carbocycles. The van der Waals surface area contributed by atoms with Gasteiger partial charge in [0.2, 0.25) is 0 Å². The molecule has 0 aliphatic heterocycles. The van der Waals surface area contributed by atoms with E-state index in [2.05, 4.69) is 6.07 Å². The number of halogens is 1. The van der Waals surface area contributed by atoms with Crippen LogP contribution in [0.3, 0.4) is 0 Å². The molecule has 2 nitrogen and oxygen atoms in total. The Morgan fingerprint density at radius 2 is 2.18 bits per heavy atom. The van der Waals surface area contributed by atoms with Crippen molar-refractivity contribution in [2.75, 3.05) is 0 Å². The first-order valence-corrected chi connectivity index (χ1v) is 6.15. The molecule has 1 aliphatic rings. The molecule has 0 unspecified atom stereocenters. The minimum atomic E-state index is -0.00263. The number of hydrogen-bond donors (Lipinski definition) is 0. The summed E-state index contributed by atoms with van der Waals surface area (Å²) < 4.78 is 5.63. The molecule has 0 bridgehead atoms. The SMILES string of the molecule is Cc1cccc(COC2=C(Cl)C(=O)CCC2)c1. The molecule has 0 fully saturated rings. The first kappa shape index (κ1) is 12.2. The van der Waals surface area contributed by atoms with Crippen molar-refractivity contribution in [3.05, 3.63) is 46.2 Å². The average molecular weight is 251 g/mol. The van der Waals surface area contributed by atoms with Gasteiger partial charge in [0, 0.05) is 12.8 Å². The molecule has 0 N–H and O–H groups in total. The summed E-state index contributed by atoms with van der Waals surface area (Å²) in [4.78, 5) is 11.4. The fourth-order valence-electron chi connectivity index (χ4n) is 1.89. The Bertz CT molecular complexity index is 463. The third-order valence-electron chi connectivity index (χ3n) is 2.79. The van der Waals surface area contributed by atoms with Crippen LogP contribution in [0.15, 0.2) is 35.1 Å². The minimum absolute atomic E-state index is 0.00263. The first-order valence-electron chi connectivity index (χ1n) is 5.77. The molecule has 0 atom stereocenters. The van der Waals surface area contributed by atoms with Gasteiger partial charge in [0.15, 0.2) is 5.78 Å². The van der Waals surface area contributed by atoms with Gasteiger partial charge in [0.25, 0.3) is 0 Å². The summed E-state index contributed by atoms with van der Waals surface area (Å²) in [6.45, 7) is 2.51. The van der Waals surface area contributed by atoms with Gasteiger partial charge in [0.05, 0.1) is 0 Å². The normalized spacial score (nSPS) is 16.2. The number of aryl methyl sites for hydroxylation is 1. The van der Waals surface area contributed by atoms with Gasteiger partial charge in [-0.3, -0.25) is 4.79 Å². The number of allylic oxidation sites excluding steroid dienone is 2. The first-order chi connectivity index (χ1) is 8.16. The van der Waals surface area contributed by atoms with Gasteiger partial charge in [-0.15, -0.1) is 0 Å². The van der Waals surface area contributed by atoms with Gasteiger partial charge in [0.1, 0.15) is 17.4 Å². The largest absolute Gasteiger partial charge is 0.492 e. The number of rotatable bonds is 3. The summed E-state index contributed by atoms with van der Waals surface area (Å²) in [5, 5.41) is 0.281. The predicted molar refractivity (Wildman–Crippen MR) is 67.7 cm³/mol. The zero-order chi connectivity index (χ0) is 12.3. The minimum Gasteiger partial charge on any atom is -0.492 e. The van der Waals surface area contributed by atoms with Crippen molar-refractivity contribution in [3.63, 3.8) is 0 Å². The van der Waals surface area contributed by atoms with Crippen LogP contribution in [0.5, 0.6) is 0 Å². The van der Waals surface area contributed by atoms with E-state index in [9.17, 15) is 4.79 Å². The molecule has 3 heteroatoms. The summed E-state index contributed by atoms with van der Waals surface area (Å²) in [7, 11) is 0. The van der Waals surface area contributed by atoms with Crippen LogP contribution in [0.25, 0.3) is 0 Å². The van der Waals surface area contributed by atoms with Gasteiger partial charge < -0.3 is 4.74 Å². The van der Waals surface area contributed by atoms with Crippen LogP contribution in [0.1, 0.15) is 30.4 Å². The predicted octanol–water partition coefficient (Wildman–Crippen LogP) is 3.72. The molecule has 0 spiro atoms.